The number of aromatic amines is 1. The summed E-state index contributed by atoms with van der Waals surface area (Å²) in [6, 6.07) is 4.50. The van der Waals surface area contributed by atoms with Crippen LogP contribution in [-0.2, 0) is 0 Å². The van der Waals surface area contributed by atoms with Crippen molar-refractivity contribution in [1.82, 2.24) is 14.9 Å². The Labute approximate surface area is 118 Å². The van der Waals surface area contributed by atoms with Gasteiger partial charge in [-0.2, -0.15) is 14.9 Å². The van der Waals surface area contributed by atoms with Gasteiger partial charge in [-0.05, 0) is 37.2 Å². The zero-order valence-electron chi connectivity index (χ0n) is 9.81. The molecule has 0 unspecified atom stereocenters. The van der Waals surface area contributed by atoms with Crippen LogP contribution in [-0.4, -0.2) is 21.1 Å². The van der Waals surface area contributed by atoms with Crippen LogP contribution in [0.5, 0.6) is 0 Å². The topological polar surface area (TPSA) is 46.0 Å². The largest absolute Gasteiger partial charge is 0.250 e. The van der Waals surface area contributed by atoms with Gasteiger partial charge in [0, 0.05) is 11.5 Å². The first-order chi connectivity index (χ1) is 9.16. The fraction of sp³-hybridized carbons (Fsp3) is 0.250. The van der Waals surface area contributed by atoms with Gasteiger partial charge in [0.05, 0.1) is 11.2 Å². The Balaban J connectivity index is 1.99. The molecule has 0 saturated heterocycles. The van der Waals surface area contributed by atoms with Crippen LogP contribution in [0.2, 0.25) is 5.02 Å². The van der Waals surface area contributed by atoms with E-state index < -0.39 is 5.82 Å². The molecule has 1 aromatic carbocycles. The highest BCUT2D eigenvalue weighted by atomic mass is 35.5. The van der Waals surface area contributed by atoms with Crippen molar-refractivity contribution in [3.05, 3.63) is 45.2 Å². The molecule has 98 valence electrons. The third-order valence-corrected chi connectivity index (χ3v) is 3.51. The molecular weight excluding hydrogens is 287 g/mol. The molecule has 1 saturated carbocycles. The Bertz CT molecular complexity index is 682. The molecule has 0 atom stereocenters. The molecule has 1 N–H and O–H groups in total. The minimum Gasteiger partial charge on any atom is -0.250 e. The summed E-state index contributed by atoms with van der Waals surface area (Å²) in [6.07, 6.45) is 3.53. The average Bonchev–Trinajstić information content (AvgIpc) is 3.15. The molecule has 0 spiro atoms. The lowest BCUT2D eigenvalue weighted by molar-refractivity contribution is 0.625. The second kappa shape index (κ2) is 4.86. The quantitative estimate of drug-likeness (QED) is 0.696. The summed E-state index contributed by atoms with van der Waals surface area (Å²) < 4.78 is 15.5. The van der Waals surface area contributed by atoms with Gasteiger partial charge in [0.15, 0.2) is 5.82 Å². The lowest BCUT2D eigenvalue weighted by Gasteiger charge is -2.00. The van der Waals surface area contributed by atoms with Gasteiger partial charge in [-0.15, -0.1) is 0 Å². The Morgan fingerprint density at radius 3 is 3.00 bits per heavy atom. The van der Waals surface area contributed by atoms with Crippen LogP contribution in [0.1, 0.15) is 30.1 Å². The highest BCUT2D eigenvalue weighted by Gasteiger charge is 2.29. The summed E-state index contributed by atoms with van der Waals surface area (Å²) in [5.41, 5.74) is 0.244. The number of halogens is 2. The second-order valence-corrected chi connectivity index (χ2v) is 5.15. The van der Waals surface area contributed by atoms with E-state index in [9.17, 15) is 4.39 Å². The van der Waals surface area contributed by atoms with Crippen LogP contribution >= 0.6 is 23.8 Å². The van der Waals surface area contributed by atoms with Crippen molar-refractivity contribution in [3.63, 3.8) is 0 Å². The van der Waals surface area contributed by atoms with Crippen molar-refractivity contribution in [2.24, 2.45) is 5.10 Å². The molecule has 1 fully saturated rings. The Hall–Kier alpha value is -1.53. The van der Waals surface area contributed by atoms with Crippen molar-refractivity contribution in [3.8, 4) is 0 Å². The molecule has 1 aliphatic carbocycles. The third kappa shape index (κ3) is 2.46. The first-order valence-electron chi connectivity index (χ1n) is 5.82. The molecule has 3 rings (SSSR count). The van der Waals surface area contributed by atoms with E-state index in [1.807, 2.05) is 0 Å². The molecule has 1 heterocycles. The number of aromatic nitrogens is 3. The summed E-state index contributed by atoms with van der Waals surface area (Å²) in [6.45, 7) is 0. The molecular formula is C12H10ClFN4S. The molecule has 4 nitrogen and oxygen atoms in total. The van der Waals surface area contributed by atoms with Crippen LogP contribution in [0.25, 0.3) is 0 Å². The smallest absolute Gasteiger partial charge is 0.216 e. The second-order valence-electron chi connectivity index (χ2n) is 4.35. The van der Waals surface area contributed by atoms with E-state index in [1.165, 1.54) is 17.0 Å². The maximum atomic E-state index is 13.6. The maximum absolute atomic E-state index is 13.6. The monoisotopic (exact) mass is 296 g/mol. The fourth-order valence-corrected chi connectivity index (χ4v) is 2.17. The van der Waals surface area contributed by atoms with Crippen molar-refractivity contribution in [2.75, 3.05) is 0 Å². The first-order valence-corrected chi connectivity index (χ1v) is 6.61. The lowest BCUT2D eigenvalue weighted by Crippen LogP contribution is -1.98. The summed E-state index contributed by atoms with van der Waals surface area (Å²) in [5.74, 6) is 0.758. The number of nitrogens with one attached hydrogen (secondary N) is 1. The molecule has 0 amide bonds. The van der Waals surface area contributed by atoms with Gasteiger partial charge >= 0.3 is 0 Å². The van der Waals surface area contributed by atoms with Crippen molar-refractivity contribution >= 4 is 30.0 Å². The molecule has 1 aliphatic rings. The standard InChI is InChI=1S/C12H10ClFN4S/c13-9-2-1-3-10(14)8(9)6-15-18-11(7-4-5-7)16-17-12(18)19/h1-3,6-7H,4-5H2,(H,17,19)/b15-6-. The zero-order chi connectivity index (χ0) is 13.4. The summed E-state index contributed by atoms with van der Waals surface area (Å²) in [5, 5.41) is 11.3. The van der Waals surface area contributed by atoms with E-state index in [0.29, 0.717) is 15.7 Å². The Morgan fingerprint density at radius 2 is 2.32 bits per heavy atom. The van der Waals surface area contributed by atoms with E-state index in [-0.39, 0.29) is 5.56 Å². The minimum absolute atomic E-state index is 0.244. The Kier molecular flexibility index (Phi) is 3.20. The predicted octanol–water partition coefficient (Wildman–Crippen LogP) is 3.49. The van der Waals surface area contributed by atoms with Gasteiger partial charge < -0.3 is 0 Å². The third-order valence-electron chi connectivity index (χ3n) is 2.92. The van der Waals surface area contributed by atoms with E-state index in [0.717, 1.165) is 18.7 Å². The van der Waals surface area contributed by atoms with Gasteiger partial charge in [0.1, 0.15) is 5.82 Å². The van der Waals surface area contributed by atoms with Crippen LogP contribution in [0.15, 0.2) is 23.3 Å². The van der Waals surface area contributed by atoms with Crippen LogP contribution in [0.4, 0.5) is 4.39 Å². The summed E-state index contributed by atoms with van der Waals surface area (Å²) in [7, 11) is 0. The van der Waals surface area contributed by atoms with E-state index in [2.05, 4.69) is 15.3 Å². The van der Waals surface area contributed by atoms with Crippen LogP contribution in [0, 0.1) is 10.6 Å². The molecule has 0 radical (unpaired) electrons. The molecule has 0 bridgehead atoms. The zero-order valence-corrected chi connectivity index (χ0v) is 11.4. The summed E-state index contributed by atoms with van der Waals surface area (Å²) >= 11 is 11.0. The predicted molar refractivity (Wildman–Crippen MR) is 73.8 cm³/mol. The number of hydrogen-bond donors (Lipinski definition) is 1. The van der Waals surface area contributed by atoms with Crippen LogP contribution in [0.3, 0.4) is 0 Å². The number of rotatable bonds is 3. The first kappa shape index (κ1) is 12.5. The average molecular weight is 297 g/mol. The molecule has 7 heteroatoms. The van der Waals surface area contributed by atoms with Gasteiger partial charge in [-0.1, -0.05) is 17.7 Å². The van der Waals surface area contributed by atoms with Crippen molar-refractivity contribution in [2.45, 2.75) is 18.8 Å². The normalized spacial score (nSPS) is 15.3. The molecule has 2 aromatic rings. The summed E-state index contributed by atoms with van der Waals surface area (Å²) in [4.78, 5) is 0. The van der Waals surface area contributed by atoms with Crippen molar-refractivity contribution in [1.29, 1.82) is 0 Å². The van der Waals surface area contributed by atoms with Gasteiger partial charge in [0.2, 0.25) is 4.77 Å². The van der Waals surface area contributed by atoms with Gasteiger partial charge in [-0.3, -0.25) is 5.10 Å². The van der Waals surface area contributed by atoms with Gasteiger partial charge in [-0.25, -0.2) is 4.39 Å². The van der Waals surface area contributed by atoms with Gasteiger partial charge in [0.25, 0.3) is 0 Å². The highest BCUT2D eigenvalue weighted by Crippen LogP contribution is 2.38. The Morgan fingerprint density at radius 1 is 1.53 bits per heavy atom. The molecule has 0 aliphatic heterocycles. The minimum atomic E-state index is -0.417. The lowest BCUT2D eigenvalue weighted by atomic mass is 10.2. The number of benzene rings is 1. The maximum Gasteiger partial charge on any atom is 0.216 e. The van der Waals surface area contributed by atoms with E-state index in [4.69, 9.17) is 23.8 Å². The number of nitrogens with zero attached hydrogens (tertiary/aromatic N) is 3. The van der Waals surface area contributed by atoms with Crippen LogP contribution < -0.4 is 0 Å². The highest BCUT2D eigenvalue weighted by molar-refractivity contribution is 7.71. The molecule has 19 heavy (non-hydrogen) atoms. The SMILES string of the molecule is Fc1cccc(Cl)c1/C=N\n1c(C2CC2)n[nH]c1=S. The number of hydrogen-bond acceptors (Lipinski definition) is 3. The molecule has 1 aromatic heterocycles. The number of H-pyrrole nitrogens is 1. The van der Waals surface area contributed by atoms with E-state index >= 15 is 0 Å². The fourth-order valence-electron chi connectivity index (χ4n) is 1.77. The van der Waals surface area contributed by atoms with Crippen molar-refractivity contribution < 1.29 is 4.39 Å². The van der Waals surface area contributed by atoms with E-state index in [1.54, 1.807) is 12.1 Å².